The molecular weight excluding hydrogens is 708 g/mol. The first-order chi connectivity index (χ1) is 26.4. The maximum absolute atomic E-state index is 16.3. The fourth-order valence-corrected chi connectivity index (χ4v) is 7.33. The molecule has 1 aliphatic heterocycles. The van der Waals surface area contributed by atoms with Crippen molar-refractivity contribution in [1.82, 2.24) is 34.1 Å². The first kappa shape index (κ1) is 37.6. The Kier molecular flexibility index (Phi) is 10.4. The Labute approximate surface area is 317 Å². The lowest BCUT2D eigenvalue weighted by molar-refractivity contribution is -0.206. The molecule has 0 bridgehead atoms. The summed E-state index contributed by atoms with van der Waals surface area (Å²) in [5.41, 5.74) is 0.331. The second kappa shape index (κ2) is 15.2. The lowest BCUT2D eigenvalue weighted by atomic mass is 9.84. The molecule has 1 saturated heterocycles. The third-order valence-corrected chi connectivity index (χ3v) is 10.6. The van der Waals surface area contributed by atoms with Crippen LogP contribution >= 0.6 is 0 Å². The van der Waals surface area contributed by atoms with E-state index >= 15 is 8.78 Å². The molecule has 3 aromatic carbocycles. The molecule has 2 atom stereocenters. The van der Waals surface area contributed by atoms with E-state index in [0.717, 1.165) is 72.0 Å². The number of aryl methyl sites for hydroxylation is 1. The number of aromatic nitrogens is 7. The van der Waals surface area contributed by atoms with Crippen LogP contribution in [-0.4, -0.2) is 65.4 Å². The summed E-state index contributed by atoms with van der Waals surface area (Å²) in [4.78, 5) is 25.8. The van der Waals surface area contributed by atoms with Crippen molar-refractivity contribution in [2.45, 2.75) is 58.2 Å². The molecule has 0 saturated carbocycles. The zero-order chi connectivity index (χ0) is 38.9. The van der Waals surface area contributed by atoms with E-state index in [1.165, 1.54) is 36.8 Å². The molecule has 6 aromatic rings. The van der Waals surface area contributed by atoms with Gasteiger partial charge in [0.25, 0.3) is 0 Å². The first-order valence-corrected chi connectivity index (χ1v) is 18.4. The quantitative estimate of drug-likeness (QED) is 0.146. The summed E-state index contributed by atoms with van der Waals surface area (Å²) in [6, 6.07) is 23.2. The minimum Gasteiger partial charge on any atom is -0.377 e. The zero-order valence-corrected chi connectivity index (χ0v) is 31.2. The Morgan fingerprint density at radius 1 is 0.818 bits per heavy atom. The van der Waals surface area contributed by atoms with Gasteiger partial charge in [0.1, 0.15) is 30.0 Å². The number of hydrogen-bond acceptors (Lipinski definition) is 8. The lowest BCUT2D eigenvalue weighted by Gasteiger charge is -2.37. The number of pyridine rings is 1. The second-order valence-corrected chi connectivity index (χ2v) is 14.3. The minimum absolute atomic E-state index is 0.0522. The lowest BCUT2D eigenvalue weighted by Crippen LogP contribution is -2.47. The number of piperazine rings is 1. The Hall–Kier alpha value is -5.76. The van der Waals surface area contributed by atoms with Gasteiger partial charge in [-0.1, -0.05) is 51.1 Å². The number of anilines is 2. The molecule has 7 rings (SSSR count). The van der Waals surface area contributed by atoms with Gasteiger partial charge in [-0.25, -0.2) is 28.1 Å². The van der Waals surface area contributed by atoms with Crippen LogP contribution in [0.4, 0.5) is 24.5 Å². The molecule has 14 heteroatoms. The highest BCUT2D eigenvalue weighted by Gasteiger charge is 2.57. The third kappa shape index (κ3) is 7.25. The highest BCUT2D eigenvalue weighted by molar-refractivity contribution is 5.66. The predicted molar refractivity (Wildman–Crippen MR) is 205 cm³/mol. The second-order valence-electron chi connectivity index (χ2n) is 14.3. The fourth-order valence-electron chi connectivity index (χ4n) is 7.33. The molecule has 1 aliphatic rings. The van der Waals surface area contributed by atoms with Gasteiger partial charge in [0.15, 0.2) is 5.60 Å². The van der Waals surface area contributed by atoms with E-state index in [-0.39, 0.29) is 17.3 Å². The van der Waals surface area contributed by atoms with Crippen molar-refractivity contribution < 1.29 is 18.3 Å². The maximum atomic E-state index is 16.3. The highest BCUT2D eigenvalue weighted by atomic mass is 19.3. The summed E-state index contributed by atoms with van der Waals surface area (Å²) >= 11 is 0. The van der Waals surface area contributed by atoms with Crippen LogP contribution in [0, 0.1) is 18.7 Å². The van der Waals surface area contributed by atoms with Crippen LogP contribution in [0.15, 0.2) is 109 Å². The number of alkyl halides is 2. The van der Waals surface area contributed by atoms with Gasteiger partial charge in [-0.05, 0) is 85.0 Å². The summed E-state index contributed by atoms with van der Waals surface area (Å²) in [7, 11) is 0. The molecule has 0 radical (unpaired) electrons. The topological polar surface area (TPSA) is 110 Å². The molecule has 286 valence electrons. The van der Waals surface area contributed by atoms with Gasteiger partial charge in [0, 0.05) is 49.3 Å². The van der Waals surface area contributed by atoms with E-state index in [4.69, 9.17) is 0 Å². The van der Waals surface area contributed by atoms with E-state index in [0.29, 0.717) is 17.3 Å². The minimum atomic E-state index is -3.93. The predicted octanol–water partition coefficient (Wildman–Crippen LogP) is 6.75. The zero-order valence-electron chi connectivity index (χ0n) is 31.2. The monoisotopic (exact) mass is 751 g/mol. The van der Waals surface area contributed by atoms with Crippen molar-refractivity contribution in [2.75, 3.05) is 36.0 Å². The molecule has 3 aromatic heterocycles. The standard InChI is InChI=1S/C41H44F3N9O2/c1-5-37(28(2)3)53-39(54)51(27-48-53)36-16-14-35(15-17-36)50-21-19-49(20-22-50)34-12-9-30(10-13-34)31-11-18-38(45-24-31)41(43,44)40(55,25-52-29(4)46-26-47-52)32-7-6-8-33(42)23-32/h6-18,23-24,26-28,37,55H,5,19-22,25H2,1-4H3/t37-,40?/m0/s1. The van der Waals surface area contributed by atoms with Gasteiger partial charge in [-0.3, -0.25) is 4.98 Å². The summed E-state index contributed by atoms with van der Waals surface area (Å²) in [6.45, 7) is 10.4. The van der Waals surface area contributed by atoms with Crippen LogP contribution in [0.5, 0.6) is 0 Å². The van der Waals surface area contributed by atoms with E-state index in [9.17, 15) is 14.3 Å². The highest BCUT2D eigenvalue weighted by Crippen LogP contribution is 2.46. The Morgan fingerprint density at radius 2 is 1.44 bits per heavy atom. The molecular formula is C41H44F3N9O2. The van der Waals surface area contributed by atoms with Gasteiger partial charge >= 0.3 is 11.6 Å². The van der Waals surface area contributed by atoms with E-state index in [1.807, 2.05) is 48.5 Å². The Balaban J connectivity index is 1.00. The van der Waals surface area contributed by atoms with Gasteiger partial charge in [-0.15, -0.1) is 0 Å². The van der Waals surface area contributed by atoms with Crippen LogP contribution in [0.3, 0.4) is 0 Å². The van der Waals surface area contributed by atoms with Crippen LogP contribution in [0.25, 0.3) is 16.8 Å². The van der Waals surface area contributed by atoms with Crippen LogP contribution in [0.1, 0.15) is 50.3 Å². The number of hydrogen-bond donors (Lipinski definition) is 1. The molecule has 0 amide bonds. The van der Waals surface area contributed by atoms with Crippen molar-refractivity contribution in [3.8, 4) is 16.8 Å². The first-order valence-electron chi connectivity index (χ1n) is 18.4. The molecule has 11 nitrogen and oxygen atoms in total. The number of rotatable bonds is 12. The van der Waals surface area contributed by atoms with Crippen LogP contribution in [0.2, 0.25) is 0 Å². The average Bonchev–Trinajstić information content (AvgIpc) is 3.78. The molecule has 1 unspecified atom stereocenters. The van der Waals surface area contributed by atoms with Crippen molar-refractivity contribution >= 4 is 11.4 Å². The SMILES string of the molecule is CC[C@@H](C(C)C)n1ncn(-c2ccc(N3CCN(c4ccc(-c5ccc(C(F)(F)C(O)(Cn6ncnc6C)c6cccc(F)c6)nc5)cc4)CC3)cc2)c1=O. The largest absolute Gasteiger partial charge is 0.377 e. The van der Waals surface area contributed by atoms with Crippen molar-refractivity contribution in [1.29, 1.82) is 0 Å². The van der Waals surface area contributed by atoms with Crippen molar-refractivity contribution in [2.24, 2.45) is 5.92 Å². The van der Waals surface area contributed by atoms with Gasteiger partial charge in [0.05, 0.1) is 18.3 Å². The summed E-state index contributed by atoms with van der Waals surface area (Å²) in [6.07, 6.45) is 4.99. The number of benzene rings is 3. The maximum Gasteiger partial charge on any atom is 0.350 e. The molecule has 0 aliphatic carbocycles. The molecule has 55 heavy (non-hydrogen) atoms. The molecule has 4 heterocycles. The number of halogens is 3. The average molecular weight is 752 g/mol. The van der Waals surface area contributed by atoms with Gasteiger partial charge in [0.2, 0.25) is 0 Å². The van der Waals surface area contributed by atoms with Gasteiger partial charge < -0.3 is 14.9 Å². The van der Waals surface area contributed by atoms with Crippen molar-refractivity contribution in [3.63, 3.8) is 0 Å². The molecule has 0 spiro atoms. The number of aliphatic hydroxyl groups is 1. The van der Waals surface area contributed by atoms with E-state index in [1.54, 1.807) is 22.5 Å². The summed E-state index contributed by atoms with van der Waals surface area (Å²) < 4.78 is 51.2. The summed E-state index contributed by atoms with van der Waals surface area (Å²) in [5, 5.41) is 20.0. The van der Waals surface area contributed by atoms with Crippen LogP contribution in [-0.2, 0) is 18.1 Å². The Morgan fingerprint density at radius 3 is 1.98 bits per heavy atom. The summed E-state index contributed by atoms with van der Waals surface area (Å²) in [5.74, 6) is -4.07. The van der Waals surface area contributed by atoms with E-state index in [2.05, 4.69) is 50.7 Å². The Bertz CT molecular complexity index is 2280. The number of nitrogens with zero attached hydrogens (tertiary/aromatic N) is 9. The normalized spacial score (nSPS) is 15.4. The molecule has 1 N–H and O–H groups in total. The van der Waals surface area contributed by atoms with Crippen molar-refractivity contribution in [3.05, 3.63) is 137 Å². The van der Waals surface area contributed by atoms with E-state index < -0.39 is 29.6 Å². The fraction of sp³-hybridized carbons (Fsp3) is 0.341. The third-order valence-electron chi connectivity index (χ3n) is 10.6. The molecule has 1 fully saturated rings. The van der Waals surface area contributed by atoms with Gasteiger partial charge in [-0.2, -0.15) is 19.0 Å². The van der Waals surface area contributed by atoms with Crippen LogP contribution < -0.4 is 15.5 Å². The smallest absolute Gasteiger partial charge is 0.350 e.